The van der Waals surface area contributed by atoms with Gasteiger partial charge in [-0.1, -0.05) is 0 Å². The van der Waals surface area contributed by atoms with Crippen molar-refractivity contribution < 1.29 is 9.53 Å². The minimum Gasteiger partial charge on any atom is -0.378 e. The van der Waals surface area contributed by atoms with Gasteiger partial charge in [-0.2, -0.15) is 4.98 Å². The van der Waals surface area contributed by atoms with Crippen LogP contribution in [0.2, 0.25) is 0 Å². The predicted molar refractivity (Wildman–Crippen MR) is 110 cm³/mol. The van der Waals surface area contributed by atoms with Crippen LogP contribution in [0.3, 0.4) is 0 Å². The van der Waals surface area contributed by atoms with E-state index in [1.54, 1.807) is 12.4 Å². The third-order valence-electron chi connectivity index (χ3n) is 5.03. The number of rotatable bonds is 4. The molecule has 29 heavy (non-hydrogen) atoms. The first-order valence-corrected chi connectivity index (χ1v) is 10.2. The van der Waals surface area contributed by atoms with Crippen molar-refractivity contribution in [2.45, 2.75) is 6.42 Å². The van der Waals surface area contributed by atoms with Crippen molar-refractivity contribution in [1.29, 1.82) is 0 Å². The van der Waals surface area contributed by atoms with E-state index in [0.29, 0.717) is 29.0 Å². The lowest BCUT2D eigenvalue weighted by molar-refractivity contribution is 0.100. The second-order valence-corrected chi connectivity index (χ2v) is 7.81. The first-order valence-electron chi connectivity index (χ1n) is 9.38. The van der Waals surface area contributed by atoms with E-state index >= 15 is 0 Å². The van der Waals surface area contributed by atoms with E-state index in [1.165, 1.54) is 17.5 Å². The molecule has 5 heterocycles. The Kier molecular flexibility index (Phi) is 4.57. The van der Waals surface area contributed by atoms with Crippen LogP contribution in [0.5, 0.6) is 0 Å². The smallest absolute Gasteiger partial charge is 0.260 e. The molecule has 2 N–H and O–H groups in total. The summed E-state index contributed by atoms with van der Waals surface area (Å²) in [5, 5.41) is 0.684. The Bertz CT molecular complexity index is 1050. The molecule has 2 aliphatic rings. The number of hydrogen-bond acceptors (Lipinski definition) is 9. The summed E-state index contributed by atoms with van der Waals surface area (Å²) in [5.74, 6) is 1.05. The number of fused-ring (bicyclic) bond motifs is 1. The number of morpholine rings is 1. The molecule has 0 radical (unpaired) electrons. The number of nitrogens with zero attached hydrogens (tertiary/aromatic N) is 6. The summed E-state index contributed by atoms with van der Waals surface area (Å²) in [6.07, 6.45) is 5.86. The van der Waals surface area contributed by atoms with Crippen molar-refractivity contribution in [2.24, 2.45) is 5.73 Å². The minimum atomic E-state index is -0.480. The third kappa shape index (κ3) is 3.30. The summed E-state index contributed by atoms with van der Waals surface area (Å²) in [4.78, 5) is 34.6. The molecular weight excluding hydrogens is 390 g/mol. The lowest BCUT2D eigenvalue weighted by Crippen LogP contribution is -2.37. The number of thiazole rings is 1. The van der Waals surface area contributed by atoms with Gasteiger partial charge in [-0.25, -0.2) is 9.97 Å². The van der Waals surface area contributed by atoms with Crippen LogP contribution >= 0.6 is 11.3 Å². The topological polar surface area (TPSA) is 110 Å². The van der Waals surface area contributed by atoms with Crippen LogP contribution in [0.4, 0.5) is 17.5 Å². The van der Waals surface area contributed by atoms with Gasteiger partial charge in [0.05, 0.1) is 19.4 Å². The largest absolute Gasteiger partial charge is 0.378 e. The standard InChI is InChI=1S/C19H19N7O2S/c20-16(27)14-11-22-18(29-14)15-13-3-6-26(12-1-4-21-5-2-12)17(13)24-19(23-15)25-7-9-28-10-8-25/h1-2,4-5,11H,3,6-10H2,(H2,20,27). The molecule has 0 atom stereocenters. The van der Waals surface area contributed by atoms with E-state index in [4.69, 9.17) is 20.4 Å². The number of carbonyl (C=O) groups excluding carboxylic acids is 1. The van der Waals surface area contributed by atoms with Gasteiger partial charge in [0.1, 0.15) is 21.4 Å². The molecule has 5 rings (SSSR count). The molecular formula is C19H19N7O2S. The van der Waals surface area contributed by atoms with Crippen LogP contribution in [0.15, 0.2) is 30.7 Å². The second kappa shape index (κ2) is 7.37. The maximum Gasteiger partial charge on any atom is 0.260 e. The maximum atomic E-state index is 11.6. The Morgan fingerprint density at radius 1 is 1.14 bits per heavy atom. The van der Waals surface area contributed by atoms with E-state index in [-0.39, 0.29) is 0 Å². The average Bonchev–Trinajstić information content (AvgIpc) is 3.42. The fourth-order valence-electron chi connectivity index (χ4n) is 3.60. The summed E-state index contributed by atoms with van der Waals surface area (Å²) < 4.78 is 5.47. The SMILES string of the molecule is NC(=O)c1cnc(-c2nc(N3CCOCC3)nc3c2CCN3c2ccncc2)s1. The monoisotopic (exact) mass is 409 g/mol. The number of carbonyl (C=O) groups is 1. The first kappa shape index (κ1) is 18.0. The van der Waals surface area contributed by atoms with Crippen molar-refractivity contribution in [3.63, 3.8) is 0 Å². The summed E-state index contributed by atoms with van der Waals surface area (Å²) in [6, 6.07) is 3.94. The fraction of sp³-hybridized carbons (Fsp3) is 0.316. The molecule has 0 spiro atoms. The first-order chi connectivity index (χ1) is 14.2. The molecule has 0 saturated carbocycles. The number of pyridine rings is 1. The maximum absolute atomic E-state index is 11.6. The van der Waals surface area contributed by atoms with E-state index in [0.717, 1.165) is 48.8 Å². The molecule has 148 valence electrons. The Balaban J connectivity index is 1.64. The quantitative estimate of drug-likeness (QED) is 0.692. The number of aromatic nitrogens is 4. The van der Waals surface area contributed by atoms with Gasteiger partial charge in [0.15, 0.2) is 0 Å². The van der Waals surface area contributed by atoms with Crippen LogP contribution < -0.4 is 15.5 Å². The van der Waals surface area contributed by atoms with Crippen LogP contribution in [0.25, 0.3) is 10.7 Å². The second-order valence-electron chi connectivity index (χ2n) is 6.77. The van der Waals surface area contributed by atoms with Crippen LogP contribution in [0, 0.1) is 0 Å². The Labute approximate surface area is 171 Å². The Morgan fingerprint density at radius 3 is 2.66 bits per heavy atom. The normalized spacial score (nSPS) is 16.1. The third-order valence-corrected chi connectivity index (χ3v) is 6.05. The molecule has 0 aromatic carbocycles. The fourth-order valence-corrected chi connectivity index (χ4v) is 4.38. The van der Waals surface area contributed by atoms with Crippen molar-refractivity contribution in [2.75, 3.05) is 42.6 Å². The zero-order chi connectivity index (χ0) is 19.8. The summed E-state index contributed by atoms with van der Waals surface area (Å²) in [7, 11) is 0. The molecule has 3 aromatic heterocycles. The summed E-state index contributed by atoms with van der Waals surface area (Å²) in [5.41, 5.74) is 8.26. The average molecular weight is 409 g/mol. The lowest BCUT2D eigenvalue weighted by atomic mass is 10.2. The number of primary amides is 1. The van der Waals surface area contributed by atoms with Gasteiger partial charge < -0.3 is 20.3 Å². The minimum absolute atomic E-state index is 0.421. The highest BCUT2D eigenvalue weighted by molar-refractivity contribution is 7.16. The number of hydrogen-bond donors (Lipinski definition) is 1. The number of ether oxygens (including phenoxy) is 1. The predicted octanol–water partition coefficient (Wildman–Crippen LogP) is 1.62. The van der Waals surface area contributed by atoms with E-state index < -0.39 is 5.91 Å². The highest BCUT2D eigenvalue weighted by Gasteiger charge is 2.30. The highest BCUT2D eigenvalue weighted by atomic mass is 32.1. The molecule has 1 saturated heterocycles. The van der Waals surface area contributed by atoms with Crippen molar-refractivity contribution in [1.82, 2.24) is 19.9 Å². The van der Waals surface area contributed by atoms with Gasteiger partial charge in [0.25, 0.3) is 5.91 Å². The summed E-state index contributed by atoms with van der Waals surface area (Å²) in [6.45, 7) is 3.55. The molecule has 3 aromatic rings. The number of amides is 1. The molecule has 10 heteroatoms. The van der Waals surface area contributed by atoms with Gasteiger partial charge in [-0.05, 0) is 18.6 Å². The van der Waals surface area contributed by atoms with Gasteiger partial charge in [0.2, 0.25) is 5.95 Å². The van der Waals surface area contributed by atoms with Crippen molar-refractivity contribution >= 4 is 34.7 Å². The number of anilines is 3. The Hall–Kier alpha value is -3.11. The van der Waals surface area contributed by atoms with Crippen LogP contribution in [-0.2, 0) is 11.2 Å². The van der Waals surface area contributed by atoms with E-state index in [1.807, 2.05) is 12.1 Å². The van der Waals surface area contributed by atoms with Crippen LogP contribution in [-0.4, -0.2) is 58.7 Å². The van der Waals surface area contributed by atoms with Crippen LogP contribution in [0.1, 0.15) is 15.2 Å². The zero-order valence-corrected chi connectivity index (χ0v) is 16.4. The molecule has 9 nitrogen and oxygen atoms in total. The molecule has 0 bridgehead atoms. The molecule has 1 fully saturated rings. The zero-order valence-electron chi connectivity index (χ0n) is 15.6. The molecule has 1 amide bonds. The van der Waals surface area contributed by atoms with E-state index in [2.05, 4.69) is 19.8 Å². The number of nitrogens with two attached hydrogens (primary N) is 1. The molecule has 0 aliphatic carbocycles. The van der Waals surface area contributed by atoms with Gasteiger partial charge in [-0.15, -0.1) is 11.3 Å². The Morgan fingerprint density at radius 2 is 1.93 bits per heavy atom. The van der Waals surface area contributed by atoms with E-state index in [9.17, 15) is 4.79 Å². The molecule has 0 unspecified atom stereocenters. The van der Waals surface area contributed by atoms with Gasteiger partial charge in [0, 0.05) is 43.3 Å². The van der Waals surface area contributed by atoms with Crippen molar-refractivity contribution in [3.05, 3.63) is 41.2 Å². The summed E-state index contributed by atoms with van der Waals surface area (Å²) >= 11 is 1.26. The van der Waals surface area contributed by atoms with Gasteiger partial charge >= 0.3 is 0 Å². The van der Waals surface area contributed by atoms with Gasteiger partial charge in [-0.3, -0.25) is 9.78 Å². The highest BCUT2D eigenvalue weighted by Crippen LogP contribution is 2.40. The lowest BCUT2D eigenvalue weighted by Gasteiger charge is -2.28. The van der Waals surface area contributed by atoms with Crippen molar-refractivity contribution in [3.8, 4) is 10.7 Å². The molecule has 2 aliphatic heterocycles.